The van der Waals surface area contributed by atoms with Gasteiger partial charge in [0.15, 0.2) is 0 Å². The molecule has 0 aromatic heterocycles. The van der Waals surface area contributed by atoms with Gasteiger partial charge < -0.3 is 20.7 Å². The van der Waals surface area contributed by atoms with Gasteiger partial charge in [0.05, 0.1) is 12.7 Å². The highest BCUT2D eigenvalue weighted by atomic mass is 16.5. The average molecular weight is 265 g/mol. The minimum absolute atomic E-state index is 0.372. The van der Waals surface area contributed by atoms with E-state index in [4.69, 9.17) is 10.5 Å². The lowest BCUT2D eigenvalue weighted by Gasteiger charge is -2.12. The van der Waals surface area contributed by atoms with Gasteiger partial charge >= 0.3 is 5.97 Å². The third-order valence-electron chi connectivity index (χ3n) is 2.80. The molecule has 0 saturated heterocycles. The van der Waals surface area contributed by atoms with Crippen molar-refractivity contribution in [1.82, 2.24) is 4.90 Å². The molecule has 1 aromatic carbocycles. The molecular formula is C14H23N3O2. The number of ether oxygens (including phenoxy) is 1. The molecule has 0 fully saturated rings. The van der Waals surface area contributed by atoms with E-state index in [0.717, 1.165) is 31.6 Å². The van der Waals surface area contributed by atoms with Crippen LogP contribution >= 0.6 is 0 Å². The van der Waals surface area contributed by atoms with Crippen LogP contribution in [0, 0.1) is 0 Å². The molecule has 106 valence electrons. The average Bonchev–Trinajstić information content (AvgIpc) is 2.38. The van der Waals surface area contributed by atoms with E-state index in [1.165, 1.54) is 7.11 Å². The standard InChI is InChI=1S/C14H23N3O2/c1-17(2)9-5-4-8-16-13-7-6-11(15)10-12(13)14(18)19-3/h6-7,10,16H,4-5,8-9,15H2,1-3H3. The number of nitrogens with zero attached hydrogens (tertiary/aromatic N) is 1. The second kappa shape index (κ2) is 7.63. The highest BCUT2D eigenvalue weighted by molar-refractivity contribution is 5.96. The van der Waals surface area contributed by atoms with Crippen LogP contribution < -0.4 is 11.1 Å². The Morgan fingerprint density at radius 2 is 2.11 bits per heavy atom. The Morgan fingerprint density at radius 3 is 2.74 bits per heavy atom. The summed E-state index contributed by atoms with van der Waals surface area (Å²) in [6.45, 7) is 1.88. The molecule has 1 rings (SSSR count). The number of unbranched alkanes of at least 4 members (excludes halogenated alkanes) is 1. The van der Waals surface area contributed by atoms with Crippen molar-refractivity contribution < 1.29 is 9.53 Å². The second-order valence-corrected chi connectivity index (χ2v) is 4.73. The van der Waals surface area contributed by atoms with E-state index in [1.807, 2.05) is 6.07 Å². The van der Waals surface area contributed by atoms with Crippen molar-refractivity contribution in [3.63, 3.8) is 0 Å². The lowest BCUT2D eigenvalue weighted by atomic mass is 10.1. The fraction of sp³-hybridized carbons (Fsp3) is 0.500. The number of nitrogens with one attached hydrogen (secondary N) is 1. The monoisotopic (exact) mass is 265 g/mol. The highest BCUT2D eigenvalue weighted by Gasteiger charge is 2.11. The van der Waals surface area contributed by atoms with E-state index < -0.39 is 0 Å². The van der Waals surface area contributed by atoms with Crippen LogP contribution in [0.4, 0.5) is 11.4 Å². The summed E-state index contributed by atoms with van der Waals surface area (Å²) >= 11 is 0. The van der Waals surface area contributed by atoms with Crippen LogP contribution in [0.3, 0.4) is 0 Å². The maximum Gasteiger partial charge on any atom is 0.340 e. The number of hydrogen-bond acceptors (Lipinski definition) is 5. The van der Waals surface area contributed by atoms with Gasteiger partial charge in [-0.15, -0.1) is 0 Å². The van der Waals surface area contributed by atoms with Crippen LogP contribution in [0.2, 0.25) is 0 Å². The van der Waals surface area contributed by atoms with Gasteiger partial charge in [-0.25, -0.2) is 4.79 Å². The van der Waals surface area contributed by atoms with E-state index in [9.17, 15) is 4.79 Å². The maximum atomic E-state index is 11.6. The molecule has 0 atom stereocenters. The van der Waals surface area contributed by atoms with Gasteiger partial charge in [0.1, 0.15) is 0 Å². The third kappa shape index (κ3) is 5.18. The zero-order valence-electron chi connectivity index (χ0n) is 11.9. The van der Waals surface area contributed by atoms with Gasteiger partial charge in [-0.3, -0.25) is 0 Å². The number of nitrogen functional groups attached to an aromatic ring is 1. The first kappa shape index (κ1) is 15.3. The zero-order chi connectivity index (χ0) is 14.3. The Labute approximate surface area is 114 Å². The SMILES string of the molecule is COC(=O)c1cc(N)ccc1NCCCCN(C)C. The minimum Gasteiger partial charge on any atom is -0.465 e. The van der Waals surface area contributed by atoms with Gasteiger partial charge in [0.2, 0.25) is 0 Å². The number of methoxy groups -OCH3 is 1. The number of benzene rings is 1. The molecule has 1 aromatic rings. The number of rotatable bonds is 7. The molecule has 5 nitrogen and oxygen atoms in total. The Bertz CT molecular complexity index is 419. The first-order valence-electron chi connectivity index (χ1n) is 6.41. The predicted octanol–water partition coefficient (Wildman–Crippen LogP) is 1.81. The zero-order valence-corrected chi connectivity index (χ0v) is 11.9. The topological polar surface area (TPSA) is 67.6 Å². The van der Waals surface area contributed by atoms with Crippen LogP contribution in [0.15, 0.2) is 18.2 Å². The lowest BCUT2D eigenvalue weighted by Crippen LogP contribution is -2.15. The number of carbonyl (C=O) groups excluding carboxylic acids is 1. The Morgan fingerprint density at radius 1 is 1.37 bits per heavy atom. The van der Waals surface area contributed by atoms with Gasteiger partial charge in [0.25, 0.3) is 0 Å². The Balaban J connectivity index is 2.55. The number of anilines is 2. The minimum atomic E-state index is -0.372. The van der Waals surface area contributed by atoms with Crippen LogP contribution in [-0.2, 0) is 4.74 Å². The van der Waals surface area contributed by atoms with Crippen LogP contribution in [0.1, 0.15) is 23.2 Å². The molecular weight excluding hydrogens is 242 g/mol. The summed E-state index contributed by atoms with van der Waals surface area (Å²) in [6, 6.07) is 5.22. The van der Waals surface area contributed by atoms with Crippen LogP contribution in [0.5, 0.6) is 0 Å². The summed E-state index contributed by atoms with van der Waals surface area (Å²) in [4.78, 5) is 13.8. The third-order valence-corrected chi connectivity index (χ3v) is 2.80. The Hall–Kier alpha value is -1.75. The molecule has 5 heteroatoms. The maximum absolute atomic E-state index is 11.6. The van der Waals surface area contributed by atoms with E-state index in [2.05, 4.69) is 24.3 Å². The fourth-order valence-electron chi connectivity index (χ4n) is 1.77. The van der Waals surface area contributed by atoms with Gasteiger partial charge in [-0.2, -0.15) is 0 Å². The summed E-state index contributed by atoms with van der Waals surface area (Å²) in [5, 5.41) is 3.25. The molecule has 0 bridgehead atoms. The van der Waals surface area contributed by atoms with Crippen LogP contribution in [-0.4, -0.2) is 45.2 Å². The lowest BCUT2D eigenvalue weighted by molar-refractivity contribution is 0.0602. The normalized spacial score (nSPS) is 10.5. The first-order chi connectivity index (χ1) is 9.04. The molecule has 0 aliphatic rings. The first-order valence-corrected chi connectivity index (χ1v) is 6.41. The smallest absolute Gasteiger partial charge is 0.340 e. The van der Waals surface area contributed by atoms with E-state index >= 15 is 0 Å². The largest absolute Gasteiger partial charge is 0.465 e. The number of esters is 1. The van der Waals surface area contributed by atoms with E-state index in [1.54, 1.807) is 12.1 Å². The molecule has 19 heavy (non-hydrogen) atoms. The molecule has 0 spiro atoms. The van der Waals surface area contributed by atoms with Crippen molar-refractivity contribution in [2.75, 3.05) is 45.3 Å². The molecule has 0 radical (unpaired) electrons. The molecule has 0 unspecified atom stereocenters. The van der Waals surface area contributed by atoms with Gasteiger partial charge in [0, 0.05) is 17.9 Å². The second-order valence-electron chi connectivity index (χ2n) is 4.73. The van der Waals surface area contributed by atoms with Crippen molar-refractivity contribution in [3.8, 4) is 0 Å². The molecule has 0 amide bonds. The van der Waals surface area contributed by atoms with Gasteiger partial charge in [-0.1, -0.05) is 0 Å². The molecule has 0 aliphatic heterocycles. The van der Waals surface area contributed by atoms with Crippen molar-refractivity contribution >= 4 is 17.3 Å². The van der Waals surface area contributed by atoms with Crippen LogP contribution in [0.25, 0.3) is 0 Å². The predicted molar refractivity (Wildman–Crippen MR) is 78.5 cm³/mol. The number of carbonyl (C=O) groups is 1. The quantitative estimate of drug-likeness (QED) is 0.447. The van der Waals surface area contributed by atoms with E-state index in [0.29, 0.717) is 11.3 Å². The summed E-state index contributed by atoms with van der Waals surface area (Å²) in [5.74, 6) is -0.372. The summed E-state index contributed by atoms with van der Waals surface area (Å²) < 4.78 is 4.75. The number of hydrogen-bond donors (Lipinski definition) is 2. The summed E-state index contributed by atoms with van der Waals surface area (Å²) in [7, 11) is 5.48. The molecule has 3 N–H and O–H groups in total. The molecule has 0 saturated carbocycles. The van der Waals surface area contributed by atoms with Crippen molar-refractivity contribution in [2.45, 2.75) is 12.8 Å². The highest BCUT2D eigenvalue weighted by Crippen LogP contribution is 2.19. The van der Waals surface area contributed by atoms with E-state index in [-0.39, 0.29) is 5.97 Å². The van der Waals surface area contributed by atoms with Gasteiger partial charge in [-0.05, 0) is 51.7 Å². The van der Waals surface area contributed by atoms with Crippen molar-refractivity contribution in [1.29, 1.82) is 0 Å². The fourth-order valence-corrected chi connectivity index (χ4v) is 1.77. The van der Waals surface area contributed by atoms with Crippen molar-refractivity contribution in [3.05, 3.63) is 23.8 Å². The van der Waals surface area contributed by atoms with Crippen molar-refractivity contribution in [2.24, 2.45) is 0 Å². The summed E-state index contributed by atoms with van der Waals surface area (Å²) in [5.41, 5.74) is 7.49. The Kier molecular flexibility index (Phi) is 6.15. The molecule has 0 heterocycles. The summed E-state index contributed by atoms with van der Waals surface area (Å²) in [6.07, 6.45) is 2.16. The number of nitrogens with two attached hydrogens (primary N) is 1. The molecule has 0 aliphatic carbocycles.